The number of rotatable bonds is 4. The Morgan fingerprint density at radius 1 is 0.795 bits per heavy atom. The fraction of sp³-hybridized carbons (Fsp3) is 0.222. The van der Waals surface area contributed by atoms with Crippen LogP contribution in [0, 0.1) is 6.92 Å². The molecule has 17 heteroatoms. The number of hydrogen-bond donors (Lipinski definition) is 2. The van der Waals surface area contributed by atoms with E-state index in [2.05, 4.69) is 5.16 Å². The minimum absolute atomic E-state index is 0.0691. The predicted molar refractivity (Wildman–Crippen MR) is 139 cm³/mol. The Balaban J connectivity index is 1.52. The second-order valence-corrected chi connectivity index (χ2v) is 10.4. The zero-order valence-corrected chi connectivity index (χ0v) is 23.2. The maximum atomic E-state index is 14.3. The molecule has 0 fully saturated rings. The summed E-state index contributed by atoms with van der Waals surface area (Å²) in [5.74, 6) is -2.51. The van der Waals surface area contributed by atoms with Gasteiger partial charge in [0.1, 0.15) is 0 Å². The molecule has 0 spiro atoms. The first-order valence-corrected chi connectivity index (χ1v) is 12.8. The Hall–Kier alpha value is -3.98. The summed E-state index contributed by atoms with van der Waals surface area (Å²) in [6.45, 7) is 1.38. The van der Waals surface area contributed by atoms with Crippen LogP contribution in [-0.2, 0) is 22.8 Å². The molecule has 0 aliphatic carbocycles. The van der Waals surface area contributed by atoms with Crippen LogP contribution >= 0.6 is 23.2 Å². The third kappa shape index (κ3) is 6.73. The summed E-state index contributed by atoms with van der Waals surface area (Å²) in [4.78, 5) is 29.9. The van der Waals surface area contributed by atoms with E-state index in [1.54, 1.807) is 5.43 Å². The number of aryl methyl sites for hydroxylation is 1. The number of hydrogen-bond acceptors (Lipinski definition) is 4. The molecule has 0 bridgehead atoms. The van der Waals surface area contributed by atoms with Gasteiger partial charge in [0.25, 0.3) is 17.4 Å². The lowest BCUT2D eigenvalue weighted by molar-refractivity contribution is -0.275. The van der Waals surface area contributed by atoms with Crippen molar-refractivity contribution >= 4 is 40.7 Å². The van der Waals surface area contributed by atoms with E-state index in [1.165, 1.54) is 25.1 Å². The monoisotopic (exact) mass is 671 g/mol. The van der Waals surface area contributed by atoms with Gasteiger partial charge in [0.15, 0.2) is 0 Å². The third-order valence-electron chi connectivity index (χ3n) is 6.46. The number of carbonyl (C=O) groups is 2. The molecule has 0 aromatic heterocycles. The molecule has 44 heavy (non-hydrogen) atoms. The Morgan fingerprint density at radius 2 is 1.34 bits per heavy atom. The van der Waals surface area contributed by atoms with E-state index in [0.29, 0.717) is 0 Å². The summed E-state index contributed by atoms with van der Waals surface area (Å²) in [7, 11) is 0. The van der Waals surface area contributed by atoms with Crippen LogP contribution in [0.2, 0.25) is 10.0 Å². The molecule has 1 unspecified atom stereocenters. The normalized spacial score (nSPS) is 17.1. The molecule has 1 atom stereocenters. The fourth-order valence-corrected chi connectivity index (χ4v) is 4.81. The molecule has 4 rings (SSSR count). The largest absolute Gasteiger partial charge is 0.435 e. The SMILES string of the molecule is Cc1cc(C2=NOC(c3cc(Cl)cc(Cl)c3)(C(F)(F)F)C2)ccc1C(=O)NNC(=O)c1cc(C(F)(F)F)cc(C(F)(F)F)c1. The molecule has 0 radical (unpaired) electrons. The minimum Gasteiger partial charge on any atom is -0.374 e. The third-order valence-corrected chi connectivity index (χ3v) is 6.89. The van der Waals surface area contributed by atoms with Gasteiger partial charge in [-0.3, -0.25) is 20.4 Å². The van der Waals surface area contributed by atoms with Crippen molar-refractivity contribution in [1.82, 2.24) is 10.9 Å². The zero-order chi connectivity index (χ0) is 32.8. The molecule has 2 N–H and O–H groups in total. The summed E-state index contributed by atoms with van der Waals surface area (Å²) >= 11 is 11.8. The highest BCUT2D eigenvalue weighted by Gasteiger charge is 2.62. The lowest BCUT2D eigenvalue weighted by Gasteiger charge is -2.29. The van der Waals surface area contributed by atoms with Crippen LogP contribution in [0.4, 0.5) is 39.5 Å². The molecule has 234 valence electrons. The smallest absolute Gasteiger partial charge is 0.374 e. The van der Waals surface area contributed by atoms with Gasteiger partial charge >= 0.3 is 18.5 Å². The molecule has 3 aromatic carbocycles. The van der Waals surface area contributed by atoms with Gasteiger partial charge in [-0.2, -0.15) is 39.5 Å². The van der Waals surface area contributed by atoms with Gasteiger partial charge < -0.3 is 4.84 Å². The molecule has 2 amide bonds. The number of nitrogens with zero attached hydrogens (tertiary/aromatic N) is 1. The van der Waals surface area contributed by atoms with Crippen molar-refractivity contribution in [2.24, 2.45) is 5.16 Å². The second-order valence-electron chi connectivity index (χ2n) is 9.52. The number of hydrazine groups is 1. The number of amides is 2. The number of carbonyl (C=O) groups excluding carboxylic acids is 2. The highest BCUT2D eigenvalue weighted by molar-refractivity contribution is 6.34. The van der Waals surface area contributed by atoms with Gasteiger partial charge in [-0.15, -0.1) is 0 Å². The molecule has 1 aliphatic heterocycles. The Labute approximate surface area is 251 Å². The Bertz CT molecular complexity index is 1620. The van der Waals surface area contributed by atoms with Crippen molar-refractivity contribution in [3.63, 3.8) is 0 Å². The topological polar surface area (TPSA) is 79.8 Å². The fourth-order valence-electron chi connectivity index (χ4n) is 4.28. The summed E-state index contributed by atoms with van der Waals surface area (Å²) in [5, 5.41) is 3.47. The maximum absolute atomic E-state index is 14.3. The van der Waals surface area contributed by atoms with E-state index in [1.807, 2.05) is 5.43 Å². The number of benzene rings is 3. The van der Waals surface area contributed by atoms with Crippen LogP contribution in [0.25, 0.3) is 0 Å². The minimum atomic E-state index is -5.20. The van der Waals surface area contributed by atoms with E-state index in [9.17, 15) is 49.1 Å². The number of nitrogens with one attached hydrogen (secondary N) is 2. The van der Waals surface area contributed by atoms with Gasteiger partial charge in [0.2, 0.25) is 0 Å². The van der Waals surface area contributed by atoms with Crippen molar-refractivity contribution in [1.29, 1.82) is 0 Å². The number of oxime groups is 1. The zero-order valence-electron chi connectivity index (χ0n) is 21.7. The van der Waals surface area contributed by atoms with Crippen molar-refractivity contribution in [3.05, 3.63) is 104 Å². The number of halogens is 11. The van der Waals surface area contributed by atoms with Crippen molar-refractivity contribution in [2.45, 2.75) is 37.5 Å². The maximum Gasteiger partial charge on any atom is 0.435 e. The average Bonchev–Trinajstić information content (AvgIpc) is 3.37. The molecule has 0 saturated heterocycles. The highest BCUT2D eigenvalue weighted by atomic mass is 35.5. The number of alkyl halides is 9. The van der Waals surface area contributed by atoms with E-state index < -0.39 is 64.6 Å². The summed E-state index contributed by atoms with van der Waals surface area (Å²) in [6, 6.07) is 7.19. The first kappa shape index (κ1) is 32.9. The van der Waals surface area contributed by atoms with Gasteiger partial charge in [-0.05, 0) is 66.6 Å². The second kappa shape index (κ2) is 11.5. The van der Waals surface area contributed by atoms with E-state index >= 15 is 0 Å². The van der Waals surface area contributed by atoms with E-state index in [4.69, 9.17) is 28.0 Å². The lowest BCUT2D eigenvalue weighted by atomic mass is 9.86. The summed E-state index contributed by atoms with van der Waals surface area (Å²) in [6.07, 6.45) is -16.1. The van der Waals surface area contributed by atoms with Gasteiger partial charge in [0, 0.05) is 33.2 Å². The summed E-state index contributed by atoms with van der Waals surface area (Å²) in [5.41, 5.74) is -4.19. The lowest BCUT2D eigenvalue weighted by Crippen LogP contribution is -2.42. The van der Waals surface area contributed by atoms with Crippen molar-refractivity contribution in [3.8, 4) is 0 Å². The molecule has 1 aliphatic rings. The molecule has 6 nitrogen and oxygen atoms in total. The molecule has 3 aromatic rings. The van der Waals surface area contributed by atoms with Crippen molar-refractivity contribution < 1.29 is 53.9 Å². The van der Waals surface area contributed by atoms with Crippen LogP contribution in [-0.4, -0.2) is 23.7 Å². The highest BCUT2D eigenvalue weighted by Crippen LogP contribution is 2.49. The first-order chi connectivity index (χ1) is 20.2. The molecule has 0 saturated carbocycles. The van der Waals surface area contributed by atoms with Gasteiger partial charge in [-0.25, -0.2) is 0 Å². The van der Waals surface area contributed by atoms with Crippen LogP contribution in [0.5, 0.6) is 0 Å². The standard InChI is InChI=1S/C27H16Cl2F9N3O3/c1-12-4-13(21-11-24(44-41-21,27(36,37)38)15-8-18(28)10-19(29)9-15)2-3-20(12)23(43)40-39-22(42)14-5-16(25(30,31)32)7-17(6-14)26(33,34)35/h2-10H,11H2,1H3,(H,39,42)(H,40,43). The van der Waals surface area contributed by atoms with Gasteiger partial charge in [0.05, 0.1) is 16.8 Å². The predicted octanol–water partition coefficient (Wildman–Crippen LogP) is 8.00. The average molecular weight is 672 g/mol. The van der Waals surface area contributed by atoms with Crippen LogP contribution in [0.15, 0.2) is 59.8 Å². The summed E-state index contributed by atoms with van der Waals surface area (Å²) < 4.78 is 121. The van der Waals surface area contributed by atoms with Crippen LogP contribution in [0.3, 0.4) is 0 Å². The Morgan fingerprint density at radius 3 is 1.84 bits per heavy atom. The quantitative estimate of drug-likeness (QED) is 0.218. The molecular weight excluding hydrogens is 656 g/mol. The van der Waals surface area contributed by atoms with Gasteiger partial charge in [-0.1, -0.05) is 34.4 Å². The van der Waals surface area contributed by atoms with E-state index in [0.717, 1.165) is 18.2 Å². The van der Waals surface area contributed by atoms with Crippen LogP contribution < -0.4 is 10.9 Å². The van der Waals surface area contributed by atoms with Crippen molar-refractivity contribution in [2.75, 3.05) is 0 Å². The molecule has 1 heterocycles. The first-order valence-electron chi connectivity index (χ1n) is 12.0. The molecular formula is C27H16Cl2F9N3O3. The van der Waals surface area contributed by atoms with E-state index in [-0.39, 0.29) is 50.6 Å². The van der Waals surface area contributed by atoms with Crippen LogP contribution in [0.1, 0.15) is 55.0 Å². The Kier molecular flexibility index (Phi) is 8.61.